The van der Waals surface area contributed by atoms with Gasteiger partial charge in [-0.2, -0.15) is 0 Å². The van der Waals surface area contributed by atoms with Crippen LogP contribution in [0.4, 0.5) is 5.69 Å². The number of likely N-dealkylation sites (N-methyl/N-ethyl adjacent to an activating group) is 1. The van der Waals surface area contributed by atoms with E-state index in [0.717, 1.165) is 0 Å². The number of hydrogen-bond donors (Lipinski definition) is 0. The second-order valence-corrected chi connectivity index (χ2v) is 4.74. The Balaban J connectivity index is 2.32. The number of anilines is 1. The Morgan fingerprint density at radius 3 is 2.47 bits per heavy atom. The summed E-state index contributed by atoms with van der Waals surface area (Å²) in [6.45, 7) is 0.726. The van der Waals surface area contributed by atoms with Crippen LogP contribution in [0, 0.1) is 0 Å². The molecule has 0 N–H and O–H groups in total. The first kappa shape index (κ1) is 11.3. The summed E-state index contributed by atoms with van der Waals surface area (Å²) < 4.78 is 11.0. The molecule has 0 aromatic heterocycles. The van der Waals surface area contributed by atoms with Gasteiger partial charge in [0.1, 0.15) is 0 Å². The quantitative estimate of drug-likeness (QED) is 0.727. The summed E-state index contributed by atoms with van der Waals surface area (Å²) in [4.78, 5) is 13.7. The summed E-state index contributed by atoms with van der Waals surface area (Å²) in [5.74, 6) is -1.69. The lowest BCUT2D eigenvalue weighted by Crippen LogP contribution is -2.39. The largest absolute Gasteiger partial charge is 0.336 e. The van der Waals surface area contributed by atoms with Gasteiger partial charge in [0.2, 0.25) is 0 Å². The van der Waals surface area contributed by atoms with Crippen LogP contribution in [-0.4, -0.2) is 26.2 Å². The van der Waals surface area contributed by atoms with Crippen LogP contribution in [-0.2, 0) is 20.1 Å². The molecule has 4 nitrogen and oxygen atoms in total. The molecule has 1 aromatic carbocycles. The highest BCUT2D eigenvalue weighted by Crippen LogP contribution is 2.50. The molecule has 17 heavy (non-hydrogen) atoms. The summed E-state index contributed by atoms with van der Waals surface area (Å²) in [6.07, 6.45) is 0. The van der Waals surface area contributed by atoms with E-state index in [-0.39, 0.29) is 5.91 Å². The fraction of sp³-hybridized carbons (Fsp3) is 0.364. The van der Waals surface area contributed by atoms with Crippen LogP contribution in [0.25, 0.3) is 0 Å². The molecule has 1 aromatic rings. The second kappa shape index (κ2) is 3.59. The average Bonchev–Trinajstić information content (AvgIpc) is 2.86. The van der Waals surface area contributed by atoms with E-state index in [9.17, 15) is 4.79 Å². The smallest absolute Gasteiger partial charge is 0.292 e. The number of rotatable bonds is 0. The number of nitrogens with zero attached hydrogens (tertiary/aromatic N) is 1. The van der Waals surface area contributed by atoms with Gasteiger partial charge in [-0.15, -0.1) is 0 Å². The number of ether oxygens (including phenoxy) is 2. The summed E-state index contributed by atoms with van der Waals surface area (Å²) in [5, 5.41) is 0.875. The highest BCUT2D eigenvalue weighted by Gasteiger charge is 2.56. The molecular weight excluding hydrogens is 265 g/mol. The predicted molar refractivity (Wildman–Crippen MR) is 63.5 cm³/mol. The van der Waals surface area contributed by atoms with Gasteiger partial charge in [0.15, 0.2) is 0 Å². The number of carbonyl (C=O) groups excluding carboxylic acids is 1. The molecule has 2 heterocycles. The van der Waals surface area contributed by atoms with Gasteiger partial charge in [-0.1, -0.05) is 23.2 Å². The lowest BCUT2D eigenvalue weighted by atomic mass is 10.1. The number of halogens is 2. The SMILES string of the molecule is CN1C(=O)C2(OCCO2)c2c(Cl)ccc(Cl)c21. The molecular formula is C11H9Cl2NO3. The van der Waals surface area contributed by atoms with Crippen molar-refractivity contribution < 1.29 is 14.3 Å². The Kier molecular flexibility index (Phi) is 2.38. The van der Waals surface area contributed by atoms with Crippen molar-refractivity contribution in [1.29, 1.82) is 0 Å². The van der Waals surface area contributed by atoms with Gasteiger partial charge >= 0.3 is 0 Å². The van der Waals surface area contributed by atoms with Crippen molar-refractivity contribution in [3.05, 3.63) is 27.7 Å². The molecule has 1 fully saturated rings. The zero-order valence-electron chi connectivity index (χ0n) is 9.00. The third-order valence-corrected chi connectivity index (χ3v) is 3.64. The van der Waals surface area contributed by atoms with Crippen molar-refractivity contribution in [2.24, 2.45) is 0 Å². The summed E-state index contributed by atoms with van der Waals surface area (Å²) in [6, 6.07) is 3.29. The van der Waals surface area contributed by atoms with Crippen LogP contribution in [0.5, 0.6) is 0 Å². The molecule has 1 spiro atoms. The first-order valence-electron chi connectivity index (χ1n) is 5.12. The lowest BCUT2D eigenvalue weighted by molar-refractivity contribution is -0.180. The molecule has 0 atom stereocenters. The molecule has 0 unspecified atom stereocenters. The average molecular weight is 274 g/mol. The van der Waals surface area contributed by atoms with Crippen molar-refractivity contribution in [1.82, 2.24) is 0 Å². The van der Waals surface area contributed by atoms with E-state index in [2.05, 4.69) is 0 Å². The number of amides is 1. The van der Waals surface area contributed by atoms with E-state index >= 15 is 0 Å². The van der Waals surface area contributed by atoms with E-state index in [1.165, 1.54) is 4.90 Å². The maximum atomic E-state index is 12.2. The zero-order chi connectivity index (χ0) is 12.2. The first-order chi connectivity index (χ1) is 8.08. The van der Waals surface area contributed by atoms with Gasteiger partial charge in [-0.05, 0) is 12.1 Å². The Morgan fingerprint density at radius 2 is 1.82 bits per heavy atom. The Labute approximate surface area is 108 Å². The zero-order valence-corrected chi connectivity index (χ0v) is 10.5. The minimum Gasteiger partial charge on any atom is -0.336 e. The molecule has 2 aliphatic heterocycles. The minimum absolute atomic E-state index is 0.292. The molecule has 0 bridgehead atoms. The molecule has 6 heteroatoms. The van der Waals surface area contributed by atoms with Crippen LogP contribution in [0.3, 0.4) is 0 Å². The van der Waals surface area contributed by atoms with Crippen molar-refractivity contribution in [2.45, 2.75) is 5.79 Å². The van der Waals surface area contributed by atoms with Gasteiger partial charge in [0.25, 0.3) is 11.7 Å². The van der Waals surface area contributed by atoms with Crippen molar-refractivity contribution >= 4 is 34.8 Å². The Hall–Kier alpha value is -0.810. The van der Waals surface area contributed by atoms with Gasteiger partial charge in [-0.25, -0.2) is 0 Å². The fourth-order valence-corrected chi connectivity index (χ4v) is 2.85. The molecule has 0 saturated carbocycles. The maximum absolute atomic E-state index is 12.2. The molecule has 90 valence electrons. The van der Waals surface area contributed by atoms with Gasteiger partial charge in [0, 0.05) is 7.05 Å². The topological polar surface area (TPSA) is 38.8 Å². The highest BCUT2D eigenvalue weighted by atomic mass is 35.5. The molecule has 1 amide bonds. The minimum atomic E-state index is -1.40. The van der Waals surface area contributed by atoms with Crippen molar-refractivity contribution in [2.75, 3.05) is 25.2 Å². The van der Waals surface area contributed by atoms with E-state index in [0.29, 0.717) is 34.5 Å². The fourth-order valence-electron chi connectivity index (χ4n) is 2.29. The standard InChI is InChI=1S/C11H9Cl2NO3/c1-14-9-7(13)3-2-6(12)8(9)11(10(14)15)16-4-5-17-11/h2-3H,4-5H2,1H3. The summed E-state index contributed by atoms with van der Waals surface area (Å²) >= 11 is 12.2. The van der Waals surface area contributed by atoms with E-state index in [4.69, 9.17) is 32.7 Å². The lowest BCUT2D eigenvalue weighted by Gasteiger charge is -2.20. The maximum Gasteiger partial charge on any atom is 0.292 e. The van der Waals surface area contributed by atoms with Crippen molar-refractivity contribution in [3.63, 3.8) is 0 Å². The van der Waals surface area contributed by atoms with E-state index in [1.54, 1.807) is 19.2 Å². The van der Waals surface area contributed by atoms with E-state index < -0.39 is 5.79 Å². The van der Waals surface area contributed by atoms with Crippen LogP contribution in [0.2, 0.25) is 10.0 Å². The third kappa shape index (κ3) is 1.29. The number of fused-ring (bicyclic) bond motifs is 2. The molecule has 3 rings (SSSR count). The van der Waals surface area contributed by atoms with Gasteiger partial charge in [0.05, 0.1) is 34.5 Å². The van der Waals surface area contributed by atoms with Crippen LogP contribution >= 0.6 is 23.2 Å². The Bertz CT molecular complexity index is 512. The number of hydrogen-bond acceptors (Lipinski definition) is 3. The van der Waals surface area contributed by atoms with E-state index in [1.807, 2.05) is 0 Å². The van der Waals surface area contributed by atoms with Gasteiger partial charge < -0.3 is 14.4 Å². The van der Waals surface area contributed by atoms with Crippen LogP contribution < -0.4 is 4.90 Å². The highest BCUT2D eigenvalue weighted by molar-refractivity contribution is 6.38. The normalized spacial score (nSPS) is 21.4. The monoisotopic (exact) mass is 273 g/mol. The Morgan fingerprint density at radius 1 is 1.24 bits per heavy atom. The molecule has 0 radical (unpaired) electrons. The van der Waals surface area contributed by atoms with Crippen molar-refractivity contribution in [3.8, 4) is 0 Å². The predicted octanol–water partition coefficient (Wildman–Crippen LogP) is 2.17. The first-order valence-corrected chi connectivity index (χ1v) is 5.88. The summed E-state index contributed by atoms with van der Waals surface area (Å²) in [5.41, 5.74) is 1.07. The number of carbonyl (C=O) groups is 1. The van der Waals surface area contributed by atoms with Gasteiger partial charge in [-0.3, -0.25) is 4.79 Å². The number of benzene rings is 1. The third-order valence-electron chi connectivity index (χ3n) is 3.02. The molecule has 0 aliphatic carbocycles. The van der Waals surface area contributed by atoms with Crippen LogP contribution in [0.1, 0.15) is 5.56 Å². The molecule has 2 aliphatic rings. The summed E-state index contributed by atoms with van der Waals surface area (Å²) in [7, 11) is 1.63. The van der Waals surface area contributed by atoms with Crippen LogP contribution in [0.15, 0.2) is 12.1 Å². The molecule has 1 saturated heterocycles. The second-order valence-electron chi connectivity index (χ2n) is 3.93.